The molecule has 0 unspecified atom stereocenters. The van der Waals surface area contributed by atoms with Gasteiger partial charge in [0.1, 0.15) is 12.4 Å². The van der Waals surface area contributed by atoms with Crippen molar-refractivity contribution >= 4 is 34.8 Å². The quantitative estimate of drug-likeness (QED) is 0.610. The third kappa shape index (κ3) is 5.80. The van der Waals surface area contributed by atoms with Crippen molar-refractivity contribution in [2.24, 2.45) is 0 Å². The van der Waals surface area contributed by atoms with Crippen LogP contribution in [0.2, 0.25) is 5.02 Å². The van der Waals surface area contributed by atoms with Crippen LogP contribution >= 0.6 is 11.6 Å². The van der Waals surface area contributed by atoms with Crippen LogP contribution in [0, 0.1) is 6.92 Å². The van der Waals surface area contributed by atoms with E-state index in [1.54, 1.807) is 42.6 Å². The highest BCUT2D eigenvalue weighted by Crippen LogP contribution is 2.26. The van der Waals surface area contributed by atoms with Gasteiger partial charge in [-0.3, -0.25) is 14.6 Å². The minimum atomic E-state index is -0.271. The van der Waals surface area contributed by atoms with Crippen LogP contribution in [-0.4, -0.2) is 16.8 Å². The van der Waals surface area contributed by atoms with E-state index in [9.17, 15) is 9.59 Å². The molecule has 1 aromatic heterocycles. The summed E-state index contributed by atoms with van der Waals surface area (Å²) in [4.78, 5) is 27.9. The summed E-state index contributed by atoms with van der Waals surface area (Å²) >= 11 is 6.15. The molecule has 3 rings (SSSR count). The molecule has 0 saturated carbocycles. The van der Waals surface area contributed by atoms with Gasteiger partial charge in [0.2, 0.25) is 5.91 Å². The molecule has 2 aromatic carbocycles. The van der Waals surface area contributed by atoms with E-state index < -0.39 is 0 Å². The van der Waals surface area contributed by atoms with E-state index in [1.807, 2.05) is 25.1 Å². The Kier molecular flexibility index (Phi) is 6.46. The predicted octanol–water partition coefficient (Wildman–Crippen LogP) is 4.83. The smallest absolute Gasteiger partial charge is 0.255 e. The number of nitrogens with zero attached hydrogens (tertiary/aromatic N) is 1. The second-order valence-corrected chi connectivity index (χ2v) is 6.86. The maximum Gasteiger partial charge on any atom is 0.255 e. The number of pyridine rings is 1. The van der Waals surface area contributed by atoms with Crippen molar-refractivity contribution in [3.05, 3.63) is 82.6 Å². The first-order valence-electron chi connectivity index (χ1n) is 8.93. The molecule has 0 aliphatic carbocycles. The Bertz CT molecular complexity index is 1040. The van der Waals surface area contributed by atoms with E-state index >= 15 is 0 Å². The van der Waals surface area contributed by atoms with Gasteiger partial charge >= 0.3 is 0 Å². The molecule has 0 aliphatic rings. The zero-order valence-corrected chi connectivity index (χ0v) is 16.8. The number of aryl methyl sites for hydroxylation is 1. The number of carbonyl (C=O) groups is 2. The zero-order chi connectivity index (χ0) is 20.8. The molecule has 0 atom stereocenters. The standard InChI is InChI=1S/C22H20ClN3O3/c1-14-6-8-19(12-24-14)29-13-16-4-3-5-17(10-16)22(28)26-18-7-9-21(20(23)11-18)25-15(2)27/h3-12H,13H2,1-2H3,(H,25,27)(H,26,28). The van der Waals surface area contributed by atoms with Gasteiger partial charge in [0.15, 0.2) is 0 Å². The number of carbonyl (C=O) groups excluding carboxylic acids is 2. The molecule has 0 aliphatic heterocycles. The van der Waals surface area contributed by atoms with Gasteiger partial charge in [0.25, 0.3) is 5.91 Å². The van der Waals surface area contributed by atoms with Gasteiger partial charge in [-0.1, -0.05) is 23.7 Å². The molecule has 148 valence electrons. The van der Waals surface area contributed by atoms with Crippen LogP contribution in [0.4, 0.5) is 11.4 Å². The molecule has 3 aromatic rings. The van der Waals surface area contributed by atoms with Crippen LogP contribution in [0.3, 0.4) is 0 Å². The molecule has 2 amide bonds. The fourth-order valence-electron chi connectivity index (χ4n) is 2.60. The van der Waals surface area contributed by atoms with Gasteiger partial charge < -0.3 is 15.4 Å². The number of hydrogen-bond acceptors (Lipinski definition) is 4. The molecule has 1 heterocycles. The second-order valence-electron chi connectivity index (χ2n) is 6.45. The van der Waals surface area contributed by atoms with Gasteiger partial charge in [-0.05, 0) is 55.0 Å². The highest BCUT2D eigenvalue weighted by atomic mass is 35.5. The number of hydrogen-bond donors (Lipinski definition) is 2. The zero-order valence-electron chi connectivity index (χ0n) is 16.0. The number of nitrogens with one attached hydrogen (secondary N) is 2. The lowest BCUT2D eigenvalue weighted by Crippen LogP contribution is -2.13. The van der Waals surface area contributed by atoms with E-state index in [1.165, 1.54) is 6.92 Å². The number of amides is 2. The first-order valence-corrected chi connectivity index (χ1v) is 9.31. The second kappa shape index (κ2) is 9.21. The van der Waals surface area contributed by atoms with E-state index in [2.05, 4.69) is 15.6 Å². The molecular weight excluding hydrogens is 390 g/mol. The van der Waals surface area contributed by atoms with Crippen LogP contribution in [0.5, 0.6) is 5.75 Å². The molecule has 0 bridgehead atoms. The highest BCUT2D eigenvalue weighted by molar-refractivity contribution is 6.34. The van der Waals surface area contributed by atoms with E-state index in [4.69, 9.17) is 16.3 Å². The maximum absolute atomic E-state index is 12.6. The third-order valence-corrected chi connectivity index (χ3v) is 4.33. The number of anilines is 2. The Morgan fingerprint density at radius 2 is 1.90 bits per heavy atom. The van der Waals surface area contributed by atoms with E-state index in [0.29, 0.717) is 34.3 Å². The summed E-state index contributed by atoms with van der Waals surface area (Å²) in [7, 11) is 0. The van der Waals surface area contributed by atoms with Crippen LogP contribution in [-0.2, 0) is 11.4 Å². The van der Waals surface area contributed by atoms with Gasteiger partial charge in [-0.25, -0.2) is 0 Å². The summed E-state index contributed by atoms with van der Waals surface area (Å²) in [6.07, 6.45) is 1.67. The van der Waals surface area contributed by atoms with Crippen molar-refractivity contribution in [3.63, 3.8) is 0 Å². The van der Waals surface area contributed by atoms with Gasteiger partial charge in [0, 0.05) is 23.9 Å². The maximum atomic E-state index is 12.6. The topological polar surface area (TPSA) is 80.3 Å². The van der Waals surface area contributed by atoms with Crippen LogP contribution in [0.15, 0.2) is 60.8 Å². The van der Waals surface area contributed by atoms with E-state index in [0.717, 1.165) is 11.3 Å². The van der Waals surface area contributed by atoms with Crippen molar-refractivity contribution in [2.75, 3.05) is 10.6 Å². The van der Waals surface area contributed by atoms with Gasteiger partial charge in [0.05, 0.1) is 16.9 Å². The number of benzene rings is 2. The molecule has 2 N–H and O–H groups in total. The van der Waals surface area contributed by atoms with Crippen LogP contribution in [0.1, 0.15) is 28.5 Å². The molecule has 0 radical (unpaired) electrons. The van der Waals surface area contributed by atoms with Crippen LogP contribution < -0.4 is 15.4 Å². The van der Waals surface area contributed by atoms with Crippen molar-refractivity contribution in [2.45, 2.75) is 20.5 Å². The van der Waals surface area contributed by atoms with Gasteiger partial charge in [-0.15, -0.1) is 0 Å². The monoisotopic (exact) mass is 409 g/mol. The summed E-state index contributed by atoms with van der Waals surface area (Å²) in [5.41, 5.74) is 3.29. The Labute approximate surface area is 173 Å². The average molecular weight is 410 g/mol. The Morgan fingerprint density at radius 3 is 2.59 bits per heavy atom. The average Bonchev–Trinajstić information content (AvgIpc) is 2.69. The first kappa shape index (κ1) is 20.4. The molecule has 0 saturated heterocycles. The first-order chi connectivity index (χ1) is 13.9. The SMILES string of the molecule is CC(=O)Nc1ccc(NC(=O)c2cccc(COc3ccc(C)nc3)c2)cc1Cl. The van der Waals surface area contributed by atoms with Crippen molar-refractivity contribution < 1.29 is 14.3 Å². The number of ether oxygens (including phenoxy) is 1. The summed E-state index contributed by atoms with van der Waals surface area (Å²) in [6.45, 7) is 3.63. The van der Waals surface area contributed by atoms with Crippen molar-refractivity contribution in [1.82, 2.24) is 4.98 Å². The lowest BCUT2D eigenvalue weighted by Gasteiger charge is -2.10. The molecule has 6 nitrogen and oxygen atoms in total. The molecule has 0 spiro atoms. The molecule has 7 heteroatoms. The number of halogens is 1. The van der Waals surface area contributed by atoms with Crippen molar-refractivity contribution in [1.29, 1.82) is 0 Å². The number of rotatable bonds is 6. The lowest BCUT2D eigenvalue weighted by molar-refractivity contribution is -0.114. The fourth-order valence-corrected chi connectivity index (χ4v) is 2.82. The lowest BCUT2D eigenvalue weighted by atomic mass is 10.1. The minimum absolute atomic E-state index is 0.218. The molecule has 0 fully saturated rings. The van der Waals surface area contributed by atoms with Gasteiger partial charge in [-0.2, -0.15) is 0 Å². The molecule has 29 heavy (non-hydrogen) atoms. The van der Waals surface area contributed by atoms with E-state index in [-0.39, 0.29) is 11.8 Å². The Morgan fingerprint density at radius 1 is 1.07 bits per heavy atom. The normalized spacial score (nSPS) is 10.3. The summed E-state index contributed by atoms with van der Waals surface area (Å²) in [5, 5.41) is 5.76. The summed E-state index contributed by atoms with van der Waals surface area (Å²) in [5.74, 6) is 0.177. The fraction of sp³-hybridized carbons (Fsp3) is 0.136. The summed E-state index contributed by atoms with van der Waals surface area (Å²) < 4.78 is 5.71. The summed E-state index contributed by atoms with van der Waals surface area (Å²) in [6, 6.07) is 15.8. The minimum Gasteiger partial charge on any atom is -0.487 e. The number of aromatic nitrogens is 1. The Balaban J connectivity index is 1.65. The van der Waals surface area contributed by atoms with Crippen molar-refractivity contribution in [3.8, 4) is 5.75 Å². The predicted molar refractivity (Wildman–Crippen MR) is 113 cm³/mol. The van der Waals surface area contributed by atoms with Crippen LogP contribution in [0.25, 0.3) is 0 Å². The largest absolute Gasteiger partial charge is 0.487 e. The third-order valence-electron chi connectivity index (χ3n) is 4.02. The highest BCUT2D eigenvalue weighted by Gasteiger charge is 2.09. The molecular formula is C22H20ClN3O3. The Hall–Kier alpha value is -3.38.